The first-order valence-electron chi connectivity index (χ1n) is 9.33. The third-order valence-electron chi connectivity index (χ3n) is 4.62. The van der Waals surface area contributed by atoms with E-state index in [4.69, 9.17) is 25.5 Å². The number of rotatable bonds is 5. The fraction of sp³-hybridized carbons (Fsp3) is 0.0870. The van der Waals surface area contributed by atoms with Crippen molar-refractivity contribution in [3.05, 3.63) is 88.8 Å². The molecule has 5 nitrogen and oxygen atoms in total. The highest BCUT2D eigenvalue weighted by atomic mass is 35.5. The number of carbonyl (C=O) groups is 1. The smallest absolute Gasteiger partial charge is 0.416 e. The predicted molar refractivity (Wildman–Crippen MR) is 112 cm³/mol. The van der Waals surface area contributed by atoms with Crippen LogP contribution in [0.4, 0.5) is 18.9 Å². The Morgan fingerprint density at radius 3 is 2.38 bits per heavy atom. The fourth-order valence-corrected chi connectivity index (χ4v) is 3.20. The lowest BCUT2D eigenvalue weighted by Crippen LogP contribution is -2.11. The van der Waals surface area contributed by atoms with Gasteiger partial charge in [0.05, 0.1) is 16.3 Å². The average Bonchev–Trinajstić information content (AvgIpc) is 3.45. The van der Waals surface area contributed by atoms with Crippen LogP contribution in [0.1, 0.15) is 21.9 Å². The molecule has 0 aliphatic carbocycles. The van der Waals surface area contributed by atoms with Crippen LogP contribution in [0.25, 0.3) is 22.6 Å². The number of hydrogen-bond donors (Lipinski definition) is 2. The first kappa shape index (κ1) is 21.7. The molecule has 4 aromatic rings. The van der Waals surface area contributed by atoms with E-state index in [0.29, 0.717) is 17.1 Å². The van der Waals surface area contributed by atoms with Crippen molar-refractivity contribution < 1.29 is 31.9 Å². The molecular weight excluding hydrogens is 447 g/mol. The molecule has 2 N–H and O–H groups in total. The quantitative estimate of drug-likeness (QED) is 0.350. The molecule has 1 amide bonds. The maximum atomic E-state index is 12.9. The molecule has 0 aliphatic rings. The summed E-state index contributed by atoms with van der Waals surface area (Å²) < 4.78 is 49.8. The molecule has 0 atom stereocenters. The van der Waals surface area contributed by atoms with Gasteiger partial charge in [0.25, 0.3) is 5.91 Å². The van der Waals surface area contributed by atoms with Crippen LogP contribution in [0, 0.1) is 0 Å². The number of nitrogens with one attached hydrogen (secondary N) is 1. The fourth-order valence-electron chi connectivity index (χ4n) is 3.04. The summed E-state index contributed by atoms with van der Waals surface area (Å²) in [5, 5.41) is 12.0. The first-order valence-corrected chi connectivity index (χ1v) is 9.71. The molecule has 4 rings (SSSR count). The molecule has 0 bridgehead atoms. The van der Waals surface area contributed by atoms with Gasteiger partial charge >= 0.3 is 6.18 Å². The van der Waals surface area contributed by atoms with Crippen molar-refractivity contribution in [2.24, 2.45) is 0 Å². The van der Waals surface area contributed by atoms with E-state index in [0.717, 1.165) is 12.1 Å². The maximum absolute atomic E-state index is 12.9. The van der Waals surface area contributed by atoms with Crippen molar-refractivity contribution in [3.63, 3.8) is 0 Å². The number of halogens is 4. The summed E-state index contributed by atoms with van der Waals surface area (Å²) >= 11 is 6.19. The number of anilines is 1. The molecule has 0 aliphatic heterocycles. The van der Waals surface area contributed by atoms with Gasteiger partial charge in [0.2, 0.25) is 0 Å². The largest absolute Gasteiger partial charge is 0.459 e. The van der Waals surface area contributed by atoms with E-state index in [9.17, 15) is 18.0 Å². The molecule has 164 valence electrons. The molecule has 0 spiro atoms. The highest BCUT2D eigenvalue weighted by molar-refractivity contribution is 6.34. The minimum atomic E-state index is -4.49. The van der Waals surface area contributed by atoms with Crippen molar-refractivity contribution in [2.75, 3.05) is 5.32 Å². The summed E-state index contributed by atoms with van der Waals surface area (Å²) in [5.41, 5.74) is 0.279. The van der Waals surface area contributed by atoms with E-state index >= 15 is 0 Å². The van der Waals surface area contributed by atoms with Gasteiger partial charge in [-0.25, -0.2) is 0 Å². The molecular formula is C23H15ClF3NO4. The number of benzene rings is 2. The van der Waals surface area contributed by atoms with Gasteiger partial charge in [0.1, 0.15) is 23.9 Å². The van der Waals surface area contributed by atoms with Gasteiger partial charge in [-0.3, -0.25) is 4.79 Å². The minimum Gasteiger partial charge on any atom is -0.459 e. The highest BCUT2D eigenvalue weighted by Gasteiger charge is 2.30. The molecule has 0 unspecified atom stereocenters. The second kappa shape index (κ2) is 8.57. The van der Waals surface area contributed by atoms with Crippen LogP contribution < -0.4 is 5.32 Å². The Kier molecular flexibility index (Phi) is 5.82. The zero-order valence-corrected chi connectivity index (χ0v) is 17.0. The predicted octanol–water partition coefficient (Wildman–Crippen LogP) is 6.62. The standard InChI is InChI=1S/C23H15ClF3NO4/c24-17-6-4-14(19-7-5-16(12-29)31-19)11-18(17)28-22(30)21-9-8-20(32-21)13-2-1-3-15(10-13)23(25,26)27/h1-11,29H,12H2,(H,28,30). The lowest BCUT2D eigenvalue weighted by Gasteiger charge is -2.08. The second-order valence-electron chi connectivity index (χ2n) is 6.82. The minimum absolute atomic E-state index is 0.0977. The highest BCUT2D eigenvalue weighted by Crippen LogP contribution is 2.33. The van der Waals surface area contributed by atoms with E-state index in [-0.39, 0.29) is 34.4 Å². The van der Waals surface area contributed by atoms with E-state index in [2.05, 4.69) is 5.32 Å². The van der Waals surface area contributed by atoms with Crippen LogP contribution in [0.5, 0.6) is 0 Å². The first-order chi connectivity index (χ1) is 15.2. The number of carbonyl (C=O) groups excluding carboxylic acids is 1. The normalized spacial score (nSPS) is 11.5. The summed E-state index contributed by atoms with van der Waals surface area (Å²) in [7, 11) is 0. The van der Waals surface area contributed by atoms with E-state index in [1.54, 1.807) is 30.3 Å². The van der Waals surface area contributed by atoms with E-state index in [1.807, 2.05) is 0 Å². The van der Waals surface area contributed by atoms with Gasteiger partial charge in [-0.1, -0.05) is 23.7 Å². The number of furan rings is 2. The van der Waals surface area contributed by atoms with Gasteiger partial charge in [-0.2, -0.15) is 13.2 Å². The summed E-state index contributed by atoms with van der Waals surface area (Å²) in [4.78, 5) is 12.6. The van der Waals surface area contributed by atoms with Crippen molar-refractivity contribution in [3.8, 4) is 22.6 Å². The van der Waals surface area contributed by atoms with Gasteiger partial charge in [-0.05, 0) is 54.6 Å². The van der Waals surface area contributed by atoms with Crippen LogP contribution in [0.3, 0.4) is 0 Å². The van der Waals surface area contributed by atoms with Gasteiger partial charge in [-0.15, -0.1) is 0 Å². The van der Waals surface area contributed by atoms with Gasteiger partial charge in [0.15, 0.2) is 5.76 Å². The Morgan fingerprint density at radius 2 is 1.66 bits per heavy atom. The summed E-state index contributed by atoms with van der Waals surface area (Å²) in [6, 6.07) is 15.6. The molecule has 0 radical (unpaired) electrons. The number of alkyl halides is 3. The Hall–Kier alpha value is -3.49. The van der Waals surface area contributed by atoms with Crippen LogP contribution >= 0.6 is 11.6 Å². The molecule has 0 saturated carbocycles. The lowest BCUT2D eigenvalue weighted by molar-refractivity contribution is -0.137. The lowest BCUT2D eigenvalue weighted by atomic mass is 10.1. The van der Waals surface area contributed by atoms with Crippen molar-refractivity contribution in [2.45, 2.75) is 12.8 Å². The third kappa shape index (κ3) is 4.56. The Bertz CT molecular complexity index is 1280. The van der Waals surface area contributed by atoms with Crippen molar-refractivity contribution in [1.29, 1.82) is 0 Å². The number of hydrogen-bond acceptors (Lipinski definition) is 4. The molecule has 32 heavy (non-hydrogen) atoms. The Labute approximate surface area is 185 Å². The van der Waals surface area contributed by atoms with Crippen LogP contribution in [-0.2, 0) is 12.8 Å². The number of aliphatic hydroxyl groups is 1. The summed E-state index contributed by atoms with van der Waals surface area (Å²) in [5.74, 6) is 0.259. The third-order valence-corrected chi connectivity index (χ3v) is 4.95. The zero-order valence-electron chi connectivity index (χ0n) is 16.2. The van der Waals surface area contributed by atoms with Crippen LogP contribution in [0.2, 0.25) is 5.02 Å². The molecule has 2 aromatic carbocycles. The molecule has 2 heterocycles. The second-order valence-corrected chi connectivity index (χ2v) is 7.22. The monoisotopic (exact) mass is 461 g/mol. The Balaban J connectivity index is 1.55. The summed E-state index contributed by atoms with van der Waals surface area (Å²) in [6.45, 7) is -0.246. The van der Waals surface area contributed by atoms with E-state index in [1.165, 1.54) is 24.3 Å². The van der Waals surface area contributed by atoms with Gasteiger partial charge in [0, 0.05) is 11.1 Å². The SMILES string of the molecule is O=C(Nc1cc(-c2ccc(CO)o2)ccc1Cl)c1ccc(-c2cccc(C(F)(F)F)c2)o1. The molecule has 9 heteroatoms. The number of amides is 1. The van der Waals surface area contributed by atoms with Crippen molar-refractivity contribution in [1.82, 2.24) is 0 Å². The van der Waals surface area contributed by atoms with Gasteiger partial charge < -0.3 is 19.3 Å². The zero-order chi connectivity index (χ0) is 22.9. The maximum Gasteiger partial charge on any atom is 0.416 e. The van der Waals surface area contributed by atoms with Crippen molar-refractivity contribution >= 4 is 23.2 Å². The molecule has 0 saturated heterocycles. The molecule has 2 aromatic heterocycles. The van der Waals surface area contributed by atoms with E-state index < -0.39 is 17.6 Å². The molecule has 0 fully saturated rings. The van der Waals surface area contributed by atoms with Crippen LogP contribution in [-0.4, -0.2) is 11.0 Å². The average molecular weight is 462 g/mol. The summed E-state index contributed by atoms with van der Waals surface area (Å²) in [6.07, 6.45) is -4.49. The topological polar surface area (TPSA) is 75.6 Å². The Morgan fingerprint density at radius 1 is 0.938 bits per heavy atom. The van der Waals surface area contributed by atoms with Crippen LogP contribution in [0.15, 0.2) is 75.6 Å². The number of aliphatic hydroxyl groups excluding tert-OH is 1.